The summed E-state index contributed by atoms with van der Waals surface area (Å²) in [6.45, 7) is 0.134. The molecule has 0 aliphatic carbocycles. The van der Waals surface area contributed by atoms with E-state index in [-0.39, 0.29) is 28.9 Å². The van der Waals surface area contributed by atoms with Crippen LogP contribution >= 0.6 is 0 Å². The van der Waals surface area contributed by atoms with E-state index in [1.54, 1.807) is 19.2 Å². The Labute approximate surface area is 233 Å². The van der Waals surface area contributed by atoms with E-state index < -0.39 is 34.4 Å². The summed E-state index contributed by atoms with van der Waals surface area (Å²) in [5, 5.41) is 23.2. The van der Waals surface area contributed by atoms with Crippen LogP contribution in [0.1, 0.15) is 33.1 Å². The first-order valence-electron chi connectivity index (χ1n) is 12.6. The summed E-state index contributed by atoms with van der Waals surface area (Å²) in [6, 6.07) is 15.9. The van der Waals surface area contributed by atoms with Crippen molar-refractivity contribution in [1.29, 1.82) is 0 Å². The average molecular weight is 556 g/mol. The van der Waals surface area contributed by atoms with Crippen LogP contribution in [0.15, 0.2) is 78.5 Å². The van der Waals surface area contributed by atoms with Gasteiger partial charge in [-0.25, -0.2) is 4.79 Å². The van der Waals surface area contributed by atoms with Crippen molar-refractivity contribution in [3.8, 4) is 5.75 Å². The maximum atomic E-state index is 13.4. The van der Waals surface area contributed by atoms with Crippen LogP contribution < -0.4 is 4.74 Å². The van der Waals surface area contributed by atoms with Crippen molar-refractivity contribution >= 4 is 40.0 Å². The summed E-state index contributed by atoms with van der Waals surface area (Å²) in [4.78, 5) is 53.8. The number of ether oxygens (including phenoxy) is 2. The number of amides is 1. The van der Waals surface area contributed by atoms with E-state index in [0.717, 1.165) is 16.5 Å². The lowest BCUT2D eigenvalue weighted by molar-refractivity contribution is -0.384. The van der Waals surface area contributed by atoms with Crippen molar-refractivity contribution in [1.82, 2.24) is 9.88 Å². The van der Waals surface area contributed by atoms with E-state index in [9.17, 15) is 29.6 Å². The fourth-order valence-electron chi connectivity index (χ4n) is 5.01. The second-order valence-electron chi connectivity index (χ2n) is 9.39. The molecule has 1 unspecified atom stereocenters. The van der Waals surface area contributed by atoms with Crippen LogP contribution in [0.4, 0.5) is 5.69 Å². The van der Waals surface area contributed by atoms with Crippen molar-refractivity contribution in [2.24, 2.45) is 0 Å². The van der Waals surface area contributed by atoms with Crippen LogP contribution in [0, 0.1) is 10.1 Å². The van der Waals surface area contributed by atoms with Crippen molar-refractivity contribution in [3.05, 3.63) is 111 Å². The maximum absolute atomic E-state index is 13.4. The molecular formula is C30H25N3O8. The van der Waals surface area contributed by atoms with Crippen LogP contribution in [-0.2, 0) is 20.7 Å². The first kappa shape index (κ1) is 27.1. The number of esters is 1. The third kappa shape index (κ3) is 5.00. The van der Waals surface area contributed by atoms with Gasteiger partial charge in [0.15, 0.2) is 0 Å². The third-order valence-electron chi connectivity index (χ3n) is 7.14. The molecule has 1 saturated heterocycles. The second kappa shape index (κ2) is 11.0. The fraction of sp³-hybridized carbons (Fsp3) is 0.167. The number of fused-ring (bicyclic) bond motifs is 1. The number of aromatic nitrogens is 1. The molecule has 11 heteroatoms. The molecule has 4 aromatic rings. The normalized spacial score (nSPS) is 16.2. The standard InChI is InChI=1S/C30H25N3O8/c1-40-22-11-12-24-23(15-22)20(16-31-24)13-14-32-26(17-3-5-19(6-4-17)30(37)41-2)25(28(35)29(32)36)27(34)18-7-9-21(10-8-18)33(38)39/h3-12,15-16,26,31,34H,13-14H2,1-2H3/b27-25-. The highest BCUT2D eigenvalue weighted by Gasteiger charge is 2.46. The number of aliphatic hydroxyl groups excluding tert-OH is 1. The molecule has 41 heavy (non-hydrogen) atoms. The molecule has 3 aromatic carbocycles. The number of aromatic amines is 1. The second-order valence-corrected chi connectivity index (χ2v) is 9.39. The van der Waals surface area contributed by atoms with E-state index >= 15 is 0 Å². The number of carbonyl (C=O) groups excluding carboxylic acids is 3. The van der Waals surface area contributed by atoms with Gasteiger partial charge in [-0.05, 0) is 60.0 Å². The molecular weight excluding hydrogens is 530 g/mol. The Morgan fingerprint density at radius 3 is 2.34 bits per heavy atom. The molecule has 0 bridgehead atoms. The van der Waals surface area contributed by atoms with Gasteiger partial charge in [0.2, 0.25) is 0 Å². The molecule has 208 valence electrons. The zero-order valence-corrected chi connectivity index (χ0v) is 22.1. The monoisotopic (exact) mass is 555 g/mol. The summed E-state index contributed by atoms with van der Waals surface area (Å²) >= 11 is 0. The quantitative estimate of drug-likeness (QED) is 0.0803. The van der Waals surface area contributed by atoms with E-state index in [2.05, 4.69) is 4.98 Å². The van der Waals surface area contributed by atoms with Crippen molar-refractivity contribution in [3.63, 3.8) is 0 Å². The minimum atomic E-state index is -0.975. The number of likely N-dealkylation sites (tertiary alicyclic amines) is 1. The van der Waals surface area contributed by atoms with Gasteiger partial charge in [0, 0.05) is 41.3 Å². The number of hydrogen-bond acceptors (Lipinski definition) is 8. The van der Waals surface area contributed by atoms with E-state index in [1.165, 1.54) is 48.4 Å². The highest BCUT2D eigenvalue weighted by molar-refractivity contribution is 6.46. The van der Waals surface area contributed by atoms with Crippen molar-refractivity contribution in [2.75, 3.05) is 20.8 Å². The van der Waals surface area contributed by atoms with Gasteiger partial charge >= 0.3 is 5.97 Å². The minimum Gasteiger partial charge on any atom is -0.507 e. The number of rotatable bonds is 8. The number of nitro groups is 1. The summed E-state index contributed by atoms with van der Waals surface area (Å²) in [6.07, 6.45) is 2.21. The highest BCUT2D eigenvalue weighted by Crippen LogP contribution is 2.40. The van der Waals surface area contributed by atoms with Gasteiger partial charge in [0.25, 0.3) is 17.4 Å². The molecule has 0 spiro atoms. The molecule has 1 aliphatic heterocycles. The van der Waals surface area contributed by atoms with Crippen molar-refractivity contribution in [2.45, 2.75) is 12.5 Å². The molecule has 1 atom stereocenters. The summed E-state index contributed by atoms with van der Waals surface area (Å²) in [5.74, 6) is -2.02. The lowest BCUT2D eigenvalue weighted by atomic mass is 9.94. The number of carbonyl (C=O) groups is 3. The molecule has 2 N–H and O–H groups in total. The molecule has 1 aromatic heterocycles. The molecule has 1 fully saturated rings. The number of ketones is 1. The number of hydrogen-bond donors (Lipinski definition) is 2. The molecule has 0 saturated carbocycles. The van der Waals surface area contributed by atoms with Gasteiger partial charge in [-0.2, -0.15) is 0 Å². The molecule has 5 rings (SSSR count). The first-order chi connectivity index (χ1) is 19.7. The maximum Gasteiger partial charge on any atom is 0.337 e. The van der Waals surface area contributed by atoms with Crippen LogP contribution in [0.2, 0.25) is 0 Å². The first-order valence-corrected chi connectivity index (χ1v) is 12.6. The van der Waals surface area contributed by atoms with Crippen LogP contribution in [-0.4, -0.2) is 58.3 Å². The number of nitrogens with zero attached hydrogens (tertiary/aromatic N) is 2. The number of non-ortho nitro benzene ring substituents is 1. The Kier molecular flexibility index (Phi) is 7.26. The van der Waals surface area contributed by atoms with Gasteiger partial charge in [-0.3, -0.25) is 19.7 Å². The van der Waals surface area contributed by atoms with Gasteiger partial charge < -0.3 is 24.5 Å². The number of Topliss-reactive ketones (excluding diaryl/α,β-unsaturated/α-hetero) is 1. The molecule has 11 nitrogen and oxygen atoms in total. The Hall–Kier alpha value is -5.45. The topological polar surface area (TPSA) is 152 Å². The summed E-state index contributed by atoms with van der Waals surface area (Å²) in [5.41, 5.74) is 2.35. The van der Waals surface area contributed by atoms with Crippen LogP contribution in [0.3, 0.4) is 0 Å². The molecule has 2 heterocycles. The number of H-pyrrole nitrogens is 1. The Morgan fingerprint density at radius 2 is 1.71 bits per heavy atom. The van der Waals surface area contributed by atoms with Crippen LogP contribution in [0.5, 0.6) is 5.75 Å². The van der Waals surface area contributed by atoms with Gasteiger partial charge in [-0.15, -0.1) is 0 Å². The average Bonchev–Trinajstić information content (AvgIpc) is 3.52. The predicted molar refractivity (Wildman–Crippen MR) is 148 cm³/mol. The summed E-state index contributed by atoms with van der Waals surface area (Å²) < 4.78 is 10.1. The Bertz CT molecular complexity index is 1700. The molecule has 0 radical (unpaired) electrons. The largest absolute Gasteiger partial charge is 0.507 e. The zero-order valence-electron chi connectivity index (χ0n) is 22.1. The lowest BCUT2D eigenvalue weighted by Crippen LogP contribution is -2.31. The SMILES string of the molecule is COC(=O)c1ccc(C2/C(=C(/O)c3ccc([N+](=O)[O-])cc3)C(=O)C(=O)N2CCc2c[nH]c3ccc(OC)cc23)cc1. The van der Waals surface area contributed by atoms with Gasteiger partial charge in [-0.1, -0.05) is 12.1 Å². The van der Waals surface area contributed by atoms with Gasteiger partial charge in [0.1, 0.15) is 11.5 Å². The Balaban J connectivity index is 1.56. The smallest absolute Gasteiger partial charge is 0.337 e. The number of nitro benzene ring substituents is 1. The number of nitrogens with one attached hydrogen (secondary N) is 1. The number of methoxy groups -OCH3 is 2. The van der Waals surface area contributed by atoms with Crippen molar-refractivity contribution < 1.29 is 33.9 Å². The molecule has 1 amide bonds. The Morgan fingerprint density at radius 1 is 1.02 bits per heavy atom. The van der Waals surface area contributed by atoms with E-state index in [4.69, 9.17) is 9.47 Å². The minimum absolute atomic E-state index is 0.134. The molecule has 1 aliphatic rings. The predicted octanol–water partition coefficient (Wildman–Crippen LogP) is 4.54. The summed E-state index contributed by atoms with van der Waals surface area (Å²) in [7, 11) is 2.83. The highest BCUT2D eigenvalue weighted by atomic mass is 16.6. The third-order valence-corrected chi connectivity index (χ3v) is 7.14. The zero-order chi connectivity index (χ0) is 29.3. The lowest BCUT2D eigenvalue weighted by Gasteiger charge is -2.25. The van der Waals surface area contributed by atoms with E-state index in [0.29, 0.717) is 17.7 Å². The fourth-order valence-corrected chi connectivity index (χ4v) is 5.01. The van der Waals surface area contributed by atoms with Crippen LogP contribution in [0.25, 0.3) is 16.7 Å². The van der Waals surface area contributed by atoms with E-state index in [1.807, 2.05) is 24.4 Å². The van der Waals surface area contributed by atoms with Gasteiger partial charge in [0.05, 0.1) is 36.3 Å². The number of benzene rings is 3. The number of aliphatic hydroxyl groups is 1.